The molecule has 0 bridgehead atoms. The molecule has 0 fully saturated rings. The number of hydrogen-bond donors (Lipinski definition) is 2. The van der Waals surface area contributed by atoms with E-state index in [1.807, 2.05) is 86.9 Å². The highest BCUT2D eigenvalue weighted by Crippen LogP contribution is 2.37. The van der Waals surface area contributed by atoms with Crippen LogP contribution in [-0.4, -0.2) is 46.1 Å². The molecule has 5 aromatic rings. The molecule has 0 radical (unpaired) electrons. The number of esters is 1. The highest BCUT2D eigenvalue weighted by atomic mass is 32.1. The van der Waals surface area contributed by atoms with Gasteiger partial charge >= 0.3 is 5.97 Å². The number of nitrogens with one attached hydrogen (secondary N) is 1. The van der Waals surface area contributed by atoms with E-state index in [1.165, 1.54) is 12.1 Å². The lowest BCUT2D eigenvalue weighted by Crippen LogP contribution is -2.10. The first-order valence-electron chi connectivity index (χ1n) is 15.8. The van der Waals surface area contributed by atoms with E-state index in [0.717, 1.165) is 44.9 Å². The molecule has 0 atom stereocenters. The maximum atomic E-state index is 13.3. The number of carbonyl (C=O) groups is 1. The van der Waals surface area contributed by atoms with E-state index in [2.05, 4.69) is 29.4 Å². The lowest BCUT2D eigenvalue weighted by molar-refractivity contribution is 0.0731. The largest absolute Gasteiger partial charge is 0.496 e. The molecular formula is C40H40N2O6S. The zero-order chi connectivity index (χ0) is 34.8. The minimum Gasteiger partial charge on any atom is -0.496 e. The number of methoxy groups -OCH3 is 2. The monoisotopic (exact) mass is 676 g/mol. The summed E-state index contributed by atoms with van der Waals surface area (Å²) in [5.74, 6) is 1.51. The normalized spacial score (nSPS) is 11.1. The van der Waals surface area contributed by atoms with Crippen molar-refractivity contribution in [2.75, 3.05) is 45.3 Å². The Labute approximate surface area is 291 Å². The van der Waals surface area contributed by atoms with Crippen molar-refractivity contribution in [3.05, 3.63) is 118 Å². The van der Waals surface area contributed by atoms with Crippen molar-refractivity contribution in [1.82, 2.24) is 0 Å². The van der Waals surface area contributed by atoms with Crippen LogP contribution in [0.15, 0.2) is 91.0 Å². The Bertz CT molecular complexity index is 1950. The summed E-state index contributed by atoms with van der Waals surface area (Å²) in [6.45, 7) is 2.63. The zero-order valence-electron chi connectivity index (χ0n) is 28.2. The average Bonchev–Trinajstić information content (AvgIpc) is 3.62. The first kappa shape index (κ1) is 34.8. The maximum Gasteiger partial charge on any atom is 0.347 e. The Morgan fingerprint density at radius 1 is 0.796 bits per heavy atom. The molecule has 0 spiro atoms. The third-order valence-corrected chi connectivity index (χ3v) is 8.82. The molecule has 1 aromatic heterocycles. The molecule has 0 saturated carbocycles. The molecule has 0 saturated heterocycles. The molecule has 252 valence electrons. The van der Waals surface area contributed by atoms with Crippen LogP contribution < -0.4 is 29.3 Å². The van der Waals surface area contributed by atoms with E-state index in [0.29, 0.717) is 35.1 Å². The van der Waals surface area contributed by atoms with Crippen molar-refractivity contribution in [1.29, 1.82) is 0 Å². The van der Waals surface area contributed by atoms with E-state index in [4.69, 9.17) is 24.2 Å². The topological polar surface area (TPSA) is 89.5 Å². The van der Waals surface area contributed by atoms with Crippen LogP contribution >= 0.6 is 11.3 Å². The van der Waals surface area contributed by atoms with Crippen molar-refractivity contribution >= 4 is 52.3 Å². The summed E-state index contributed by atoms with van der Waals surface area (Å²) in [6.07, 6.45) is 8.88. The molecule has 5 rings (SSSR count). The van der Waals surface area contributed by atoms with Gasteiger partial charge in [0.15, 0.2) is 0 Å². The number of ether oxygens (including phenoxy) is 4. The SMILES string of the molecule is CCCOc1cc(-c2ccc(OC(=O)c3ccc(/C=C/c4ccc(N(C)C)s4)cc3OC)cc2OC)ccc1/C=C/c1ccc(NO)cc1. The van der Waals surface area contributed by atoms with Crippen LogP contribution in [0.1, 0.15) is 45.3 Å². The molecule has 8 nitrogen and oxygen atoms in total. The Morgan fingerprint density at radius 3 is 2.24 bits per heavy atom. The summed E-state index contributed by atoms with van der Waals surface area (Å²) >= 11 is 1.70. The third kappa shape index (κ3) is 8.90. The Morgan fingerprint density at radius 2 is 1.55 bits per heavy atom. The van der Waals surface area contributed by atoms with Crippen molar-refractivity contribution in [3.63, 3.8) is 0 Å². The predicted octanol–water partition coefficient (Wildman–Crippen LogP) is 9.65. The Balaban J connectivity index is 1.33. The Kier molecular flexibility index (Phi) is 11.8. The van der Waals surface area contributed by atoms with Crippen LogP contribution in [-0.2, 0) is 0 Å². The van der Waals surface area contributed by atoms with Gasteiger partial charge in [-0.3, -0.25) is 10.7 Å². The molecule has 0 aliphatic heterocycles. The lowest BCUT2D eigenvalue weighted by atomic mass is 10.0. The molecule has 0 unspecified atom stereocenters. The van der Waals surface area contributed by atoms with Gasteiger partial charge in [-0.15, -0.1) is 11.3 Å². The predicted molar refractivity (Wildman–Crippen MR) is 201 cm³/mol. The van der Waals surface area contributed by atoms with Gasteiger partial charge in [0.1, 0.15) is 28.6 Å². The van der Waals surface area contributed by atoms with Crippen molar-refractivity contribution in [3.8, 4) is 34.1 Å². The van der Waals surface area contributed by atoms with Crippen molar-refractivity contribution in [2.45, 2.75) is 13.3 Å². The zero-order valence-corrected chi connectivity index (χ0v) is 29.0. The molecule has 0 aliphatic rings. The van der Waals surface area contributed by atoms with Crippen LogP contribution in [0.2, 0.25) is 0 Å². The van der Waals surface area contributed by atoms with Crippen LogP contribution in [0.5, 0.6) is 23.0 Å². The summed E-state index contributed by atoms with van der Waals surface area (Å²) < 4.78 is 23.2. The second-order valence-corrected chi connectivity index (χ2v) is 12.4. The number of benzene rings is 4. The fraction of sp³-hybridized carbons (Fsp3) is 0.175. The number of thiophene rings is 1. The summed E-state index contributed by atoms with van der Waals surface area (Å²) in [7, 11) is 7.16. The summed E-state index contributed by atoms with van der Waals surface area (Å²) in [5.41, 5.74) is 7.60. The van der Waals surface area contributed by atoms with Gasteiger partial charge in [0, 0.05) is 36.2 Å². The first-order valence-corrected chi connectivity index (χ1v) is 16.6. The molecule has 2 N–H and O–H groups in total. The van der Waals surface area contributed by atoms with Crippen molar-refractivity contribution < 1.29 is 28.9 Å². The van der Waals surface area contributed by atoms with Gasteiger partial charge in [-0.25, -0.2) is 4.79 Å². The molecule has 9 heteroatoms. The van der Waals surface area contributed by atoms with Gasteiger partial charge < -0.3 is 23.8 Å². The molecule has 0 amide bonds. The molecule has 4 aromatic carbocycles. The quantitative estimate of drug-likeness (QED) is 0.0520. The van der Waals surface area contributed by atoms with Gasteiger partial charge in [0.05, 0.1) is 31.5 Å². The summed E-state index contributed by atoms with van der Waals surface area (Å²) in [5, 5.41) is 10.2. The second-order valence-electron chi connectivity index (χ2n) is 11.3. The second kappa shape index (κ2) is 16.5. The van der Waals surface area contributed by atoms with Gasteiger partial charge in [0.2, 0.25) is 0 Å². The minimum atomic E-state index is -0.537. The van der Waals surface area contributed by atoms with E-state index in [-0.39, 0.29) is 0 Å². The average molecular weight is 677 g/mol. The molecular weight excluding hydrogens is 637 g/mol. The molecule has 49 heavy (non-hydrogen) atoms. The standard InChI is InChI=1S/C40H40N2O6S/c1-6-23-47-36-25-30(14-13-29(36)12-7-27-8-15-31(41-44)16-9-27)34-21-17-32(26-38(34)46-5)48-40(43)35-20-11-28(24-37(35)45-4)10-18-33-19-22-39(49-33)42(2)3/h7-22,24-26,41,44H,6,23H2,1-5H3/b12-7+,18-10+. The number of hydrogen-bond acceptors (Lipinski definition) is 9. The highest BCUT2D eigenvalue weighted by molar-refractivity contribution is 7.16. The molecule has 0 aliphatic carbocycles. The number of rotatable bonds is 14. The maximum absolute atomic E-state index is 13.3. The third-order valence-electron chi connectivity index (χ3n) is 7.60. The van der Waals surface area contributed by atoms with Crippen LogP contribution in [0.4, 0.5) is 10.7 Å². The van der Waals surface area contributed by atoms with Crippen LogP contribution in [0.25, 0.3) is 35.4 Å². The van der Waals surface area contributed by atoms with Gasteiger partial charge in [-0.05, 0) is 83.8 Å². The fourth-order valence-electron chi connectivity index (χ4n) is 5.00. The van der Waals surface area contributed by atoms with Gasteiger partial charge in [0.25, 0.3) is 0 Å². The first-order chi connectivity index (χ1) is 23.8. The van der Waals surface area contributed by atoms with E-state index >= 15 is 0 Å². The number of carbonyl (C=O) groups excluding carboxylic acids is 1. The van der Waals surface area contributed by atoms with E-state index < -0.39 is 5.97 Å². The fourth-order valence-corrected chi connectivity index (χ4v) is 5.83. The van der Waals surface area contributed by atoms with Gasteiger partial charge in [-0.2, -0.15) is 0 Å². The van der Waals surface area contributed by atoms with E-state index in [9.17, 15) is 4.79 Å². The van der Waals surface area contributed by atoms with Crippen LogP contribution in [0, 0.1) is 0 Å². The summed E-state index contributed by atoms with van der Waals surface area (Å²) in [4.78, 5) is 16.5. The smallest absolute Gasteiger partial charge is 0.347 e. The highest BCUT2D eigenvalue weighted by Gasteiger charge is 2.17. The summed E-state index contributed by atoms with van der Waals surface area (Å²) in [6, 6.07) is 28.3. The number of anilines is 2. The Hall–Kier alpha value is -5.51. The van der Waals surface area contributed by atoms with Crippen molar-refractivity contribution in [2.24, 2.45) is 0 Å². The minimum absolute atomic E-state index is 0.316. The lowest BCUT2D eigenvalue weighted by Gasteiger charge is -2.15. The molecule has 1 heterocycles. The number of nitrogens with zero attached hydrogens (tertiary/aromatic N) is 1. The van der Waals surface area contributed by atoms with Gasteiger partial charge in [-0.1, -0.05) is 55.5 Å². The van der Waals surface area contributed by atoms with E-state index in [1.54, 1.807) is 48.8 Å². The van der Waals surface area contributed by atoms with Crippen LogP contribution in [0.3, 0.4) is 0 Å².